The van der Waals surface area contributed by atoms with Crippen LogP contribution in [0.5, 0.6) is 11.5 Å². The number of ether oxygens (including phenoxy) is 2. The predicted molar refractivity (Wildman–Crippen MR) is 180 cm³/mol. The van der Waals surface area contributed by atoms with Crippen molar-refractivity contribution in [3.63, 3.8) is 0 Å². The van der Waals surface area contributed by atoms with Gasteiger partial charge in [-0.1, -0.05) is 52.8 Å². The van der Waals surface area contributed by atoms with Crippen LogP contribution in [0.25, 0.3) is 6.08 Å². The number of aliphatic hydroxyl groups excluding tert-OH is 1. The summed E-state index contributed by atoms with van der Waals surface area (Å²) >= 11 is 0. The van der Waals surface area contributed by atoms with Crippen molar-refractivity contribution in [3.8, 4) is 11.5 Å². The van der Waals surface area contributed by atoms with Gasteiger partial charge in [0.2, 0.25) is 0 Å². The summed E-state index contributed by atoms with van der Waals surface area (Å²) < 4.78 is 11.4. The maximum Gasteiger partial charge on any atom is 0.331 e. The Morgan fingerprint density at radius 1 is 1.00 bits per heavy atom. The molecule has 5 aliphatic carbocycles. The first-order chi connectivity index (χ1) is 21.1. The second-order valence-corrected chi connectivity index (χ2v) is 17.1. The van der Waals surface area contributed by atoms with Crippen molar-refractivity contribution in [1.82, 2.24) is 0 Å². The molecule has 0 bridgehead atoms. The third-order valence-corrected chi connectivity index (χ3v) is 15.1. The molecule has 0 amide bonds. The molecule has 0 aromatic heterocycles. The monoisotopic (exact) mass is 618 g/mol. The molecule has 2 spiro atoms. The van der Waals surface area contributed by atoms with Crippen LogP contribution in [0, 0.1) is 50.7 Å². The molecule has 5 fully saturated rings. The number of hydrogen-bond donors (Lipinski definition) is 2. The highest BCUT2D eigenvalue weighted by atomic mass is 16.5. The zero-order valence-electron chi connectivity index (χ0n) is 29.0. The standard InChI is InChI=1S/C40H58O5/c1-25(2)29(41)12-9-26(3)28-17-19-38(7)33-15-14-32-36(4,5)34(18-20-39(32)24-40(33,39)22-21-37(28,38)6)45-35(43)16-11-27-10-13-30(42)31(23-27)44-8/h10-11,13,16,23,26,28-29,32-34,41-42H,1,9,12,14-15,17-22,24H2,2-8H3/b16-11+/t26-,28-,29-,32+,33+,34+,37-,38+,39-,40+/m1/s1. The Bertz CT molecular complexity index is 1360. The summed E-state index contributed by atoms with van der Waals surface area (Å²) in [5.74, 6) is 2.90. The molecule has 0 radical (unpaired) electrons. The first-order valence-electron chi connectivity index (χ1n) is 17.7. The number of hydrogen-bond acceptors (Lipinski definition) is 5. The van der Waals surface area contributed by atoms with E-state index in [0.717, 1.165) is 42.2 Å². The minimum Gasteiger partial charge on any atom is -0.504 e. The highest BCUT2D eigenvalue weighted by molar-refractivity contribution is 5.87. The van der Waals surface area contributed by atoms with Crippen LogP contribution in [0.3, 0.4) is 0 Å². The number of esters is 1. The number of phenolic OH excluding ortho intramolecular Hbond substituents is 1. The molecule has 6 rings (SSSR count). The van der Waals surface area contributed by atoms with Crippen molar-refractivity contribution in [1.29, 1.82) is 0 Å². The number of rotatable bonds is 9. The number of carbonyl (C=O) groups excluding carboxylic acids is 1. The Kier molecular flexibility index (Phi) is 8.11. The summed E-state index contributed by atoms with van der Waals surface area (Å²) in [7, 11) is 1.52. The van der Waals surface area contributed by atoms with Gasteiger partial charge in [-0.15, -0.1) is 0 Å². The lowest BCUT2D eigenvalue weighted by molar-refractivity contribution is -0.179. The largest absolute Gasteiger partial charge is 0.504 e. The molecule has 5 nitrogen and oxygen atoms in total. The fraction of sp³-hybridized carbons (Fsp3) is 0.725. The van der Waals surface area contributed by atoms with E-state index in [1.807, 2.05) is 6.92 Å². The van der Waals surface area contributed by atoms with Crippen molar-refractivity contribution in [2.45, 2.75) is 124 Å². The van der Waals surface area contributed by atoms with E-state index in [0.29, 0.717) is 39.2 Å². The second-order valence-electron chi connectivity index (χ2n) is 17.1. The Morgan fingerprint density at radius 3 is 2.42 bits per heavy atom. The molecule has 10 atom stereocenters. The number of phenols is 1. The number of aliphatic hydroxyl groups is 1. The highest BCUT2D eigenvalue weighted by Crippen LogP contribution is 2.89. The average Bonchev–Trinajstić information content (AvgIpc) is 3.58. The maximum atomic E-state index is 13.1. The van der Waals surface area contributed by atoms with E-state index in [1.165, 1.54) is 64.6 Å². The molecule has 1 aromatic carbocycles. The summed E-state index contributed by atoms with van der Waals surface area (Å²) in [5.41, 5.74) is 3.22. The molecule has 45 heavy (non-hydrogen) atoms. The zero-order chi connectivity index (χ0) is 32.6. The van der Waals surface area contributed by atoms with Gasteiger partial charge in [0.1, 0.15) is 6.10 Å². The molecule has 5 aliphatic rings. The summed E-state index contributed by atoms with van der Waals surface area (Å²) in [4.78, 5) is 13.1. The Labute approximate surface area is 271 Å². The zero-order valence-corrected chi connectivity index (χ0v) is 29.0. The molecule has 2 N–H and O–H groups in total. The van der Waals surface area contributed by atoms with Gasteiger partial charge in [-0.3, -0.25) is 0 Å². The minimum absolute atomic E-state index is 0.0591. The first-order valence-corrected chi connectivity index (χ1v) is 17.7. The number of methoxy groups -OCH3 is 1. The second kappa shape index (κ2) is 11.2. The van der Waals surface area contributed by atoms with Crippen molar-refractivity contribution in [3.05, 3.63) is 42.0 Å². The minimum atomic E-state index is -0.374. The molecule has 0 aliphatic heterocycles. The smallest absolute Gasteiger partial charge is 0.331 e. The summed E-state index contributed by atoms with van der Waals surface area (Å²) in [6.07, 6.45) is 16.1. The van der Waals surface area contributed by atoms with Crippen LogP contribution in [0.15, 0.2) is 36.4 Å². The molecule has 0 heterocycles. The van der Waals surface area contributed by atoms with Gasteiger partial charge in [-0.25, -0.2) is 4.79 Å². The van der Waals surface area contributed by atoms with Gasteiger partial charge >= 0.3 is 5.97 Å². The topological polar surface area (TPSA) is 76.0 Å². The SMILES string of the molecule is C=C(C)[C@H](O)CC[C@@H](C)[C@H]1CC[C@@]2(C)[C@@H]3CC[C@H]4C(C)(C)[C@@H](OC(=O)/C=C/c5ccc(O)c(OC)c5)CC[C@@]45C[C@@]35CC[C@]12C. The van der Waals surface area contributed by atoms with E-state index in [4.69, 9.17) is 9.47 Å². The predicted octanol–water partition coefficient (Wildman–Crippen LogP) is 9.12. The highest BCUT2D eigenvalue weighted by Gasteiger charge is 2.82. The summed E-state index contributed by atoms with van der Waals surface area (Å²) in [6, 6.07) is 5.06. The molecular weight excluding hydrogens is 560 g/mol. The number of fused-ring (bicyclic) bond motifs is 2. The van der Waals surface area contributed by atoms with Crippen LogP contribution in [0.4, 0.5) is 0 Å². The van der Waals surface area contributed by atoms with E-state index in [1.54, 1.807) is 24.3 Å². The fourth-order valence-corrected chi connectivity index (χ4v) is 12.5. The molecule has 5 heteroatoms. The maximum absolute atomic E-state index is 13.1. The lowest BCUT2D eigenvalue weighted by atomic mass is 9.41. The third-order valence-electron chi connectivity index (χ3n) is 15.1. The van der Waals surface area contributed by atoms with Crippen molar-refractivity contribution >= 4 is 12.0 Å². The first kappa shape index (κ1) is 32.7. The molecular formula is C40H58O5. The van der Waals surface area contributed by atoms with Crippen LogP contribution in [0.2, 0.25) is 0 Å². The van der Waals surface area contributed by atoms with Gasteiger partial charge in [0.25, 0.3) is 0 Å². The molecule has 5 saturated carbocycles. The van der Waals surface area contributed by atoms with Crippen LogP contribution in [0.1, 0.15) is 118 Å². The third kappa shape index (κ3) is 4.83. The van der Waals surface area contributed by atoms with Crippen molar-refractivity contribution in [2.75, 3.05) is 7.11 Å². The van der Waals surface area contributed by atoms with Crippen LogP contribution < -0.4 is 4.74 Å². The Hall–Kier alpha value is -2.27. The van der Waals surface area contributed by atoms with Gasteiger partial charge in [-0.05, 0) is 147 Å². The van der Waals surface area contributed by atoms with Gasteiger partial charge in [-0.2, -0.15) is 0 Å². The number of benzene rings is 1. The normalized spacial score (nSPS) is 40.8. The molecule has 0 saturated heterocycles. The van der Waals surface area contributed by atoms with Gasteiger partial charge < -0.3 is 19.7 Å². The van der Waals surface area contributed by atoms with Gasteiger partial charge in [0.15, 0.2) is 11.5 Å². The number of carbonyl (C=O) groups is 1. The van der Waals surface area contributed by atoms with Gasteiger partial charge in [0, 0.05) is 11.5 Å². The summed E-state index contributed by atoms with van der Waals surface area (Å²) in [6.45, 7) is 18.4. The van der Waals surface area contributed by atoms with E-state index in [9.17, 15) is 15.0 Å². The van der Waals surface area contributed by atoms with E-state index in [2.05, 4.69) is 41.2 Å². The van der Waals surface area contributed by atoms with Crippen molar-refractivity contribution < 1.29 is 24.5 Å². The van der Waals surface area contributed by atoms with E-state index >= 15 is 0 Å². The van der Waals surface area contributed by atoms with E-state index in [-0.39, 0.29) is 29.3 Å². The Balaban J connectivity index is 1.14. The number of aromatic hydroxyl groups is 1. The molecule has 1 aromatic rings. The lowest BCUT2D eigenvalue weighted by Crippen LogP contribution is -2.58. The van der Waals surface area contributed by atoms with Crippen LogP contribution in [-0.2, 0) is 9.53 Å². The lowest BCUT2D eigenvalue weighted by Gasteiger charge is -2.63. The van der Waals surface area contributed by atoms with Crippen LogP contribution in [-0.4, -0.2) is 35.5 Å². The fourth-order valence-electron chi connectivity index (χ4n) is 12.5. The van der Waals surface area contributed by atoms with Crippen LogP contribution >= 0.6 is 0 Å². The van der Waals surface area contributed by atoms with Crippen molar-refractivity contribution in [2.24, 2.45) is 50.7 Å². The Morgan fingerprint density at radius 2 is 1.71 bits per heavy atom. The quantitative estimate of drug-likeness (QED) is 0.164. The average molecular weight is 619 g/mol. The van der Waals surface area contributed by atoms with Gasteiger partial charge in [0.05, 0.1) is 13.2 Å². The summed E-state index contributed by atoms with van der Waals surface area (Å²) in [5, 5.41) is 20.3. The molecule has 0 unspecified atom stereocenters. The molecule has 248 valence electrons. The van der Waals surface area contributed by atoms with E-state index < -0.39 is 0 Å².